The quantitative estimate of drug-likeness (QED) is 0.726. The predicted molar refractivity (Wildman–Crippen MR) is 78.6 cm³/mol. The molecule has 0 aromatic heterocycles. The number of benzene rings is 2. The summed E-state index contributed by atoms with van der Waals surface area (Å²) in [5, 5.41) is 10.5. The molecule has 17 heavy (non-hydrogen) atoms. The van der Waals surface area contributed by atoms with Crippen molar-refractivity contribution in [2.75, 3.05) is 0 Å². The topological polar surface area (TPSA) is 20.2 Å². The van der Waals surface area contributed by atoms with Crippen LogP contribution in [-0.2, 0) is 0 Å². The zero-order chi connectivity index (χ0) is 11.8. The molecule has 1 atom stereocenters. The Kier molecular flexibility index (Phi) is 2.76. The van der Waals surface area contributed by atoms with Crippen LogP contribution in [0.1, 0.15) is 28.4 Å². The number of hydrogen-bond acceptors (Lipinski definition) is 1. The van der Waals surface area contributed by atoms with Gasteiger partial charge in [-0.15, -0.1) is 0 Å². The highest BCUT2D eigenvalue weighted by Crippen LogP contribution is 2.33. The first-order valence-corrected chi connectivity index (χ1v) is 6.58. The average Bonchev–Trinajstić information content (AvgIpc) is 2.49. The van der Waals surface area contributed by atoms with E-state index in [1.54, 1.807) is 0 Å². The molecule has 2 aromatic carbocycles. The van der Waals surface area contributed by atoms with Crippen LogP contribution in [0.4, 0.5) is 0 Å². The highest BCUT2D eigenvalue weighted by molar-refractivity contribution is 14.1. The second kappa shape index (κ2) is 4.27. The minimum Gasteiger partial charge on any atom is -0.384 e. The Morgan fingerprint density at radius 2 is 1.59 bits per heavy atom. The van der Waals surface area contributed by atoms with Crippen LogP contribution in [0.2, 0.25) is 0 Å². The molecule has 0 aliphatic heterocycles. The lowest BCUT2D eigenvalue weighted by atomic mass is 9.97. The standard InChI is InChI=1S/C15H11IO/c16-12-8-7-11-6-5-10-3-1-2-4-13(10)15(17)14(11)9-12/h1-9,15,17H. The number of fused-ring (bicyclic) bond motifs is 2. The molecule has 0 heterocycles. The van der Waals surface area contributed by atoms with E-state index in [0.29, 0.717) is 0 Å². The molecule has 2 heteroatoms. The zero-order valence-electron chi connectivity index (χ0n) is 9.10. The molecule has 1 unspecified atom stereocenters. The number of aliphatic hydroxyl groups excluding tert-OH is 1. The van der Waals surface area contributed by atoms with Gasteiger partial charge in [0.2, 0.25) is 0 Å². The van der Waals surface area contributed by atoms with Gasteiger partial charge in [-0.05, 0) is 57.0 Å². The second-order valence-electron chi connectivity index (χ2n) is 4.14. The third-order valence-corrected chi connectivity index (χ3v) is 3.75. The average molecular weight is 334 g/mol. The molecule has 3 rings (SSSR count). The van der Waals surface area contributed by atoms with E-state index in [-0.39, 0.29) is 0 Å². The van der Waals surface area contributed by atoms with Crippen LogP contribution in [-0.4, -0.2) is 5.11 Å². The highest BCUT2D eigenvalue weighted by Gasteiger charge is 2.18. The van der Waals surface area contributed by atoms with Crippen molar-refractivity contribution in [3.63, 3.8) is 0 Å². The lowest BCUT2D eigenvalue weighted by Gasteiger charge is -2.14. The lowest BCUT2D eigenvalue weighted by molar-refractivity contribution is 0.220. The van der Waals surface area contributed by atoms with Crippen LogP contribution in [0, 0.1) is 3.57 Å². The van der Waals surface area contributed by atoms with E-state index in [4.69, 9.17) is 0 Å². The van der Waals surface area contributed by atoms with E-state index in [1.807, 2.05) is 30.3 Å². The third kappa shape index (κ3) is 1.91. The van der Waals surface area contributed by atoms with Crippen molar-refractivity contribution in [1.82, 2.24) is 0 Å². The first kappa shape index (κ1) is 11.0. The molecule has 0 saturated heterocycles. The van der Waals surface area contributed by atoms with Gasteiger partial charge < -0.3 is 5.11 Å². The van der Waals surface area contributed by atoms with Gasteiger partial charge in [0.15, 0.2) is 0 Å². The Labute approximate surface area is 114 Å². The maximum Gasteiger partial charge on any atom is 0.105 e. The van der Waals surface area contributed by atoms with Crippen molar-refractivity contribution >= 4 is 34.7 Å². The summed E-state index contributed by atoms with van der Waals surface area (Å²) in [6.07, 6.45) is 3.60. The van der Waals surface area contributed by atoms with Crippen molar-refractivity contribution in [2.45, 2.75) is 6.10 Å². The maximum atomic E-state index is 10.5. The van der Waals surface area contributed by atoms with Crippen molar-refractivity contribution in [3.05, 3.63) is 68.3 Å². The van der Waals surface area contributed by atoms with Crippen LogP contribution in [0.5, 0.6) is 0 Å². The molecule has 0 saturated carbocycles. The first-order valence-electron chi connectivity index (χ1n) is 5.50. The van der Waals surface area contributed by atoms with Crippen molar-refractivity contribution in [3.8, 4) is 0 Å². The third-order valence-electron chi connectivity index (χ3n) is 3.08. The van der Waals surface area contributed by atoms with Gasteiger partial charge in [-0.25, -0.2) is 0 Å². The molecule has 84 valence electrons. The van der Waals surface area contributed by atoms with E-state index < -0.39 is 6.10 Å². The molecule has 1 N–H and O–H groups in total. The fourth-order valence-corrected chi connectivity index (χ4v) is 2.71. The molecule has 0 bridgehead atoms. The molecular weight excluding hydrogens is 323 g/mol. The number of rotatable bonds is 0. The van der Waals surface area contributed by atoms with Crippen LogP contribution in [0.3, 0.4) is 0 Å². The van der Waals surface area contributed by atoms with Crippen LogP contribution in [0.25, 0.3) is 12.2 Å². The Morgan fingerprint density at radius 3 is 2.41 bits per heavy atom. The van der Waals surface area contributed by atoms with Gasteiger partial charge in [0.1, 0.15) is 6.10 Å². The summed E-state index contributed by atoms with van der Waals surface area (Å²) >= 11 is 2.27. The van der Waals surface area contributed by atoms with Crippen molar-refractivity contribution in [2.24, 2.45) is 0 Å². The molecule has 0 radical (unpaired) electrons. The molecule has 0 spiro atoms. The summed E-state index contributed by atoms with van der Waals surface area (Å²) < 4.78 is 1.15. The normalized spacial score (nSPS) is 17.2. The highest BCUT2D eigenvalue weighted by atomic mass is 127. The van der Waals surface area contributed by atoms with Gasteiger partial charge in [-0.1, -0.05) is 42.5 Å². The summed E-state index contributed by atoms with van der Waals surface area (Å²) in [7, 11) is 0. The van der Waals surface area contributed by atoms with Gasteiger partial charge in [0.25, 0.3) is 0 Å². The summed E-state index contributed by atoms with van der Waals surface area (Å²) in [6.45, 7) is 0. The predicted octanol–water partition coefficient (Wildman–Crippen LogP) is 3.86. The van der Waals surface area contributed by atoms with E-state index >= 15 is 0 Å². The van der Waals surface area contributed by atoms with Crippen LogP contribution in [0.15, 0.2) is 42.5 Å². The van der Waals surface area contributed by atoms with Gasteiger partial charge in [-0.2, -0.15) is 0 Å². The molecule has 2 aromatic rings. The molecule has 1 aliphatic carbocycles. The molecule has 1 nitrogen and oxygen atoms in total. The Balaban J connectivity index is 2.25. The van der Waals surface area contributed by atoms with E-state index in [0.717, 1.165) is 25.8 Å². The van der Waals surface area contributed by atoms with E-state index in [2.05, 4.69) is 46.9 Å². The monoisotopic (exact) mass is 334 g/mol. The summed E-state index contributed by atoms with van der Waals surface area (Å²) in [5.41, 5.74) is 4.14. The van der Waals surface area contributed by atoms with Gasteiger partial charge >= 0.3 is 0 Å². The lowest BCUT2D eigenvalue weighted by Crippen LogP contribution is -2.02. The summed E-state index contributed by atoms with van der Waals surface area (Å²) in [5.74, 6) is 0. The second-order valence-corrected chi connectivity index (χ2v) is 5.38. The minimum absolute atomic E-state index is 0.536. The number of halogens is 1. The molecule has 0 fully saturated rings. The van der Waals surface area contributed by atoms with Gasteiger partial charge in [0, 0.05) is 3.57 Å². The number of hydrogen-bond donors (Lipinski definition) is 1. The fourth-order valence-electron chi connectivity index (χ4n) is 2.19. The Bertz CT molecular complexity index is 602. The van der Waals surface area contributed by atoms with Crippen LogP contribution < -0.4 is 0 Å². The first-order chi connectivity index (χ1) is 8.25. The Morgan fingerprint density at radius 1 is 0.882 bits per heavy atom. The molecular formula is C15H11IO. The summed E-state index contributed by atoms with van der Waals surface area (Å²) in [4.78, 5) is 0. The van der Waals surface area contributed by atoms with Crippen molar-refractivity contribution in [1.29, 1.82) is 0 Å². The van der Waals surface area contributed by atoms with E-state index in [9.17, 15) is 5.11 Å². The zero-order valence-corrected chi connectivity index (χ0v) is 11.3. The SMILES string of the molecule is OC1c2ccccc2C=Cc2ccc(I)cc21. The van der Waals surface area contributed by atoms with E-state index in [1.165, 1.54) is 0 Å². The summed E-state index contributed by atoms with van der Waals surface area (Å²) in [6, 6.07) is 14.2. The maximum absolute atomic E-state index is 10.5. The largest absolute Gasteiger partial charge is 0.384 e. The van der Waals surface area contributed by atoms with Gasteiger partial charge in [0.05, 0.1) is 0 Å². The van der Waals surface area contributed by atoms with Crippen molar-refractivity contribution < 1.29 is 5.11 Å². The number of aliphatic hydroxyl groups is 1. The fraction of sp³-hybridized carbons (Fsp3) is 0.0667. The Hall–Kier alpha value is -1.13. The molecule has 0 amide bonds. The minimum atomic E-state index is -0.536. The van der Waals surface area contributed by atoms with Gasteiger partial charge in [-0.3, -0.25) is 0 Å². The molecule has 1 aliphatic rings. The van der Waals surface area contributed by atoms with Crippen LogP contribution >= 0.6 is 22.6 Å². The smallest absolute Gasteiger partial charge is 0.105 e.